The van der Waals surface area contributed by atoms with Crippen molar-refractivity contribution >= 4 is 29.9 Å². The molecule has 27 heavy (non-hydrogen) atoms. The molecule has 1 unspecified atom stereocenters. The number of nitrogens with zero attached hydrogens (tertiary/aromatic N) is 2. The molecule has 1 aromatic heterocycles. The van der Waals surface area contributed by atoms with E-state index in [0.717, 1.165) is 31.2 Å². The molecule has 0 radical (unpaired) electrons. The lowest BCUT2D eigenvalue weighted by atomic mass is 10.0. The van der Waals surface area contributed by atoms with Gasteiger partial charge in [0.15, 0.2) is 5.96 Å². The Kier molecular flexibility index (Phi) is 12.8. The fourth-order valence-electron chi connectivity index (χ4n) is 3.40. The fraction of sp³-hybridized carbons (Fsp3) is 0.750. The van der Waals surface area contributed by atoms with Crippen molar-refractivity contribution in [2.45, 2.75) is 52.2 Å². The Bertz CT molecular complexity index is 502. The number of likely N-dealkylation sites (tertiary alicyclic amines) is 1. The van der Waals surface area contributed by atoms with Gasteiger partial charge in [-0.2, -0.15) is 0 Å². The van der Waals surface area contributed by atoms with Gasteiger partial charge in [0.05, 0.1) is 6.26 Å². The van der Waals surface area contributed by atoms with E-state index in [1.807, 2.05) is 19.2 Å². The van der Waals surface area contributed by atoms with Gasteiger partial charge in [-0.25, -0.2) is 0 Å². The Morgan fingerprint density at radius 3 is 2.70 bits per heavy atom. The summed E-state index contributed by atoms with van der Waals surface area (Å²) < 4.78 is 10.8. The number of hydrogen-bond acceptors (Lipinski definition) is 4. The molecular weight excluding hydrogens is 455 g/mol. The maximum atomic E-state index is 5.60. The average molecular weight is 492 g/mol. The third-order valence-corrected chi connectivity index (χ3v) is 4.71. The Balaban J connectivity index is 0.00000364. The van der Waals surface area contributed by atoms with Crippen LogP contribution in [0, 0.1) is 5.92 Å². The van der Waals surface area contributed by atoms with Crippen LogP contribution in [-0.2, 0) is 11.3 Å². The second-order valence-electron chi connectivity index (χ2n) is 7.39. The molecule has 0 saturated carbocycles. The maximum absolute atomic E-state index is 5.60. The first-order chi connectivity index (χ1) is 12.7. The molecule has 2 heterocycles. The zero-order valence-electron chi connectivity index (χ0n) is 17.1. The third kappa shape index (κ3) is 9.80. The number of aliphatic imine (C=N–C) groups is 1. The van der Waals surface area contributed by atoms with Gasteiger partial charge >= 0.3 is 0 Å². The van der Waals surface area contributed by atoms with Crippen molar-refractivity contribution in [2.75, 3.05) is 39.8 Å². The van der Waals surface area contributed by atoms with Crippen LogP contribution < -0.4 is 10.6 Å². The number of rotatable bonds is 11. The standard InChI is InChI=1S/C20H36N4O2.HI/c1-17(2)14-18(24-10-4-5-11-24)15-23-20(21-3)22-9-7-12-25-16-19-8-6-13-26-19;/h6,8,13,17-18H,4-5,7,9-12,14-16H2,1-3H3,(H2,21,22,23);1H. The molecule has 0 spiro atoms. The zero-order valence-corrected chi connectivity index (χ0v) is 19.4. The number of halogens is 1. The van der Waals surface area contributed by atoms with Gasteiger partial charge in [-0.05, 0) is 56.8 Å². The van der Waals surface area contributed by atoms with Crippen molar-refractivity contribution in [3.05, 3.63) is 24.2 Å². The summed E-state index contributed by atoms with van der Waals surface area (Å²) in [4.78, 5) is 6.97. The smallest absolute Gasteiger partial charge is 0.191 e. The van der Waals surface area contributed by atoms with E-state index in [4.69, 9.17) is 9.15 Å². The molecule has 1 saturated heterocycles. The highest BCUT2D eigenvalue weighted by molar-refractivity contribution is 14.0. The molecule has 1 aliphatic rings. The summed E-state index contributed by atoms with van der Waals surface area (Å²) in [5, 5.41) is 6.89. The molecule has 1 aliphatic heterocycles. The van der Waals surface area contributed by atoms with Crippen LogP contribution in [0.1, 0.15) is 45.3 Å². The van der Waals surface area contributed by atoms with E-state index in [9.17, 15) is 0 Å². The Labute approximate surface area is 181 Å². The first-order valence-corrected chi connectivity index (χ1v) is 9.97. The average Bonchev–Trinajstić information content (AvgIpc) is 3.32. The van der Waals surface area contributed by atoms with Crippen molar-refractivity contribution in [3.8, 4) is 0 Å². The molecule has 7 heteroatoms. The Morgan fingerprint density at radius 1 is 1.30 bits per heavy atom. The minimum atomic E-state index is 0. The van der Waals surface area contributed by atoms with E-state index in [-0.39, 0.29) is 24.0 Å². The van der Waals surface area contributed by atoms with Crippen LogP contribution in [-0.4, -0.2) is 56.7 Å². The molecule has 1 fully saturated rings. The highest BCUT2D eigenvalue weighted by Crippen LogP contribution is 2.17. The second kappa shape index (κ2) is 14.2. The summed E-state index contributed by atoms with van der Waals surface area (Å²) in [5.74, 6) is 2.46. The molecular formula is C20H37IN4O2. The van der Waals surface area contributed by atoms with Crippen LogP contribution in [0.25, 0.3) is 0 Å². The highest BCUT2D eigenvalue weighted by Gasteiger charge is 2.22. The van der Waals surface area contributed by atoms with E-state index in [0.29, 0.717) is 25.2 Å². The number of ether oxygens (including phenoxy) is 1. The number of furan rings is 1. The van der Waals surface area contributed by atoms with Crippen molar-refractivity contribution in [2.24, 2.45) is 10.9 Å². The van der Waals surface area contributed by atoms with E-state index in [1.165, 1.54) is 32.4 Å². The highest BCUT2D eigenvalue weighted by atomic mass is 127. The van der Waals surface area contributed by atoms with Crippen LogP contribution in [0.4, 0.5) is 0 Å². The van der Waals surface area contributed by atoms with Crippen LogP contribution in [0.2, 0.25) is 0 Å². The van der Waals surface area contributed by atoms with Gasteiger partial charge in [-0.15, -0.1) is 24.0 Å². The molecule has 0 aromatic carbocycles. The van der Waals surface area contributed by atoms with E-state index < -0.39 is 0 Å². The molecule has 0 aliphatic carbocycles. The molecule has 2 N–H and O–H groups in total. The maximum Gasteiger partial charge on any atom is 0.191 e. The fourth-order valence-corrected chi connectivity index (χ4v) is 3.40. The van der Waals surface area contributed by atoms with Crippen LogP contribution in [0.3, 0.4) is 0 Å². The summed E-state index contributed by atoms with van der Waals surface area (Å²) in [5.41, 5.74) is 0. The minimum absolute atomic E-state index is 0. The van der Waals surface area contributed by atoms with E-state index >= 15 is 0 Å². The first-order valence-electron chi connectivity index (χ1n) is 9.97. The van der Waals surface area contributed by atoms with Gasteiger partial charge < -0.3 is 19.8 Å². The van der Waals surface area contributed by atoms with Crippen molar-refractivity contribution in [1.82, 2.24) is 15.5 Å². The van der Waals surface area contributed by atoms with E-state index in [2.05, 4.69) is 34.4 Å². The van der Waals surface area contributed by atoms with Gasteiger partial charge in [-0.3, -0.25) is 9.89 Å². The molecule has 156 valence electrons. The molecule has 1 aromatic rings. The van der Waals surface area contributed by atoms with Crippen molar-refractivity contribution < 1.29 is 9.15 Å². The van der Waals surface area contributed by atoms with Crippen molar-refractivity contribution in [3.63, 3.8) is 0 Å². The van der Waals surface area contributed by atoms with Gasteiger partial charge in [0, 0.05) is 32.8 Å². The summed E-state index contributed by atoms with van der Waals surface area (Å²) >= 11 is 0. The lowest BCUT2D eigenvalue weighted by Crippen LogP contribution is -2.47. The SMILES string of the molecule is CN=C(NCCCOCc1ccco1)NCC(CC(C)C)N1CCCC1.I. The van der Waals surface area contributed by atoms with Crippen molar-refractivity contribution in [1.29, 1.82) is 0 Å². The van der Waals surface area contributed by atoms with Crippen LogP contribution in [0.15, 0.2) is 27.8 Å². The first kappa shape index (κ1) is 24.2. The quantitative estimate of drug-likeness (QED) is 0.214. The second-order valence-corrected chi connectivity index (χ2v) is 7.39. The van der Waals surface area contributed by atoms with Crippen LogP contribution >= 0.6 is 24.0 Å². The predicted octanol–water partition coefficient (Wildman–Crippen LogP) is 3.48. The normalized spacial score (nSPS) is 16.4. The third-order valence-electron chi connectivity index (χ3n) is 4.71. The summed E-state index contributed by atoms with van der Waals surface area (Å²) in [7, 11) is 1.83. The summed E-state index contributed by atoms with van der Waals surface area (Å²) in [6.07, 6.45) is 6.50. The monoisotopic (exact) mass is 492 g/mol. The number of guanidine groups is 1. The zero-order chi connectivity index (χ0) is 18.6. The van der Waals surface area contributed by atoms with Gasteiger partial charge in [0.2, 0.25) is 0 Å². The molecule has 0 amide bonds. The minimum Gasteiger partial charge on any atom is -0.467 e. The molecule has 1 atom stereocenters. The Hall–Kier alpha value is -0.800. The Morgan fingerprint density at radius 2 is 2.07 bits per heavy atom. The topological polar surface area (TPSA) is 62.0 Å². The predicted molar refractivity (Wildman–Crippen MR) is 122 cm³/mol. The van der Waals surface area contributed by atoms with Gasteiger partial charge in [-0.1, -0.05) is 13.8 Å². The molecule has 0 bridgehead atoms. The van der Waals surface area contributed by atoms with Gasteiger partial charge in [0.1, 0.15) is 12.4 Å². The largest absolute Gasteiger partial charge is 0.467 e. The van der Waals surface area contributed by atoms with Crippen LogP contribution in [0.5, 0.6) is 0 Å². The lowest BCUT2D eigenvalue weighted by Gasteiger charge is -2.29. The number of nitrogens with one attached hydrogen (secondary N) is 2. The lowest BCUT2D eigenvalue weighted by molar-refractivity contribution is 0.105. The molecule has 6 nitrogen and oxygen atoms in total. The number of hydrogen-bond donors (Lipinski definition) is 2. The summed E-state index contributed by atoms with van der Waals surface area (Å²) in [6, 6.07) is 4.40. The van der Waals surface area contributed by atoms with Gasteiger partial charge in [0.25, 0.3) is 0 Å². The van der Waals surface area contributed by atoms with E-state index in [1.54, 1.807) is 6.26 Å². The summed E-state index contributed by atoms with van der Waals surface area (Å²) in [6.45, 7) is 10.1. The molecule has 2 rings (SSSR count).